The first-order valence-corrected chi connectivity index (χ1v) is 11.0. The van der Waals surface area contributed by atoms with E-state index in [-0.39, 0.29) is 5.91 Å². The molecule has 1 N–H and O–H groups in total. The lowest BCUT2D eigenvalue weighted by molar-refractivity contribution is -0.113. The predicted octanol–water partition coefficient (Wildman–Crippen LogP) is 5.27. The fourth-order valence-corrected chi connectivity index (χ4v) is 4.25. The van der Waals surface area contributed by atoms with Crippen molar-refractivity contribution in [1.29, 1.82) is 0 Å². The van der Waals surface area contributed by atoms with Gasteiger partial charge in [-0.1, -0.05) is 43.8 Å². The lowest BCUT2D eigenvalue weighted by Crippen LogP contribution is -2.14. The van der Waals surface area contributed by atoms with Gasteiger partial charge in [0, 0.05) is 12.2 Å². The summed E-state index contributed by atoms with van der Waals surface area (Å²) in [5, 5.41) is 14.3. The van der Waals surface area contributed by atoms with Gasteiger partial charge in [0.2, 0.25) is 5.91 Å². The number of anilines is 1. The molecule has 142 valence electrons. The molecular weight excluding hydrogens is 376 g/mol. The zero-order valence-electron chi connectivity index (χ0n) is 15.8. The molecule has 3 rings (SSSR count). The van der Waals surface area contributed by atoms with Crippen LogP contribution in [-0.4, -0.2) is 26.4 Å². The molecule has 5 nitrogen and oxygen atoms in total. The molecule has 0 saturated carbocycles. The summed E-state index contributed by atoms with van der Waals surface area (Å²) in [6, 6.07) is 12.1. The summed E-state index contributed by atoms with van der Waals surface area (Å²) in [5.41, 5.74) is 2.12. The van der Waals surface area contributed by atoms with Crippen molar-refractivity contribution in [2.75, 3.05) is 11.1 Å². The summed E-state index contributed by atoms with van der Waals surface area (Å²) in [5.74, 6) is 1.65. The minimum Gasteiger partial charge on any atom is -0.325 e. The van der Waals surface area contributed by atoms with E-state index in [1.807, 2.05) is 34.2 Å². The quantitative estimate of drug-likeness (QED) is 0.523. The van der Waals surface area contributed by atoms with Crippen LogP contribution in [0.15, 0.2) is 46.9 Å². The summed E-state index contributed by atoms with van der Waals surface area (Å²) in [4.78, 5) is 13.4. The third-order valence-electron chi connectivity index (χ3n) is 4.48. The maximum atomic E-state index is 12.3. The Morgan fingerprint density at radius 3 is 2.63 bits per heavy atom. The number of aromatic nitrogens is 3. The number of nitrogens with one attached hydrogen (secondary N) is 1. The maximum absolute atomic E-state index is 12.3. The molecule has 1 amide bonds. The molecule has 3 aromatic rings. The van der Waals surface area contributed by atoms with Crippen LogP contribution in [0.2, 0.25) is 0 Å². The van der Waals surface area contributed by atoms with Crippen LogP contribution < -0.4 is 5.32 Å². The first-order chi connectivity index (χ1) is 13.1. The Balaban J connectivity index is 1.59. The minimum atomic E-state index is -0.0420. The van der Waals surface area contributed by atoms with Crippen molar-refractivity contribution >= 4 is 34.7 Å². The Morgan fingerprint density at radius 1 is 1.22 bits per heavy atom. The van der Waals surface area contributed by atoms with E-state index in [0.717, 1.165) is 34.5 Å². The van der Waals surface area contributed by atoms with Crippen molar-refractivity contribution in [2.24, 2.45) is 0 Å². The van der Waals surface area contributed by atoms with E-state index in [0.29, 0.717) is 11.7 Å². The first kappa shape index (κ1) is 19.6. The number of carbonyl (C=O) groups is 1. The molecule has 7 heteroatoms. The molecule has 1 aromatic carbocycles. The highest BCUT2D eigenvalue weighted by molar-refractivity contribution is 7.99. The highest BCUT2D eigenvalue weighted by Crippen LogP contribution is 2.27. The van der Waals surface area contributed by atoms with Crippen molar-refractivity contribution in [1.82, 2.24) is 14.8 Å². The third-order valence-corrected chi connectivity index (χ3v) is 6.32. The number of nitrogens with zero attached hydrogens (tertiary/aromatic N) is 3. The Morgan fingerprint density at radius 2 is 2.00 bits per heavy atom. The van der Waals surface area contributed by atoms with Gasteiger partial charge in [0.25, 0.3) is 0 Å². The van der Waals surface area contributed by atoms with E-state index < -0.39 is 0 Å². The number of hydrogen-bond acceptors (Lipinski definition) is 5. The van der Waals surface area contributed by atoms with Gasteiger partial charge < -0.3 is 9.88 Å². The number of hydrogen-bond donors (Lipinski definition) is 1. The van der Waals surface area contributed by atoms with Crippen LogP contribution >= 0.6 is 23.1 Å². The Bertz CT molecular complexity index is 872. The predicted molar refractivity (Wildman–Crippen MR) is 114 cm³/mol. The van der Waals surface area contributed by atoms with Gasteiger partial charge in [0.05, 0.1) is 10.6 Å². The molecule has 0 aliphatic carbocycles. The smallest absolute Gasteiger partial charge is 0.234 e. The molecular formula is C20H24N4OS2. The number of thioether (sulfide) groups is 1. The molecule has 0 saturated heterocycles. The van der Waals surface area contributed by atoms with Gasteiger partial charge in [-0.3, -0.25) is 4.79 Å². The van der Waals surface area contributed by atoms with Crippen molar-refractivity contribution < 1.29 is 4.79 Å². The van der Waals surface area contributed by atoms with Crippen molar-refractivity contribution in [3.05, 3.63) is 47.3 Å². The summed E-state index contributed by atoms with van der Waals surface area (Å²) < 4.78 is 2.05. The normalized spacial score (nSPS) is 12.1. The van der Waals surface area contributed by atoms with Gasteiger partial charge >= 0.3 is 0 Å². The molecule has 0 fully saturated rings. The van der Waals surface area contributed by atoms with Crippen molar-refractivity contribution in [3.63, 3.8) is 0 Å². The highest BCUT2D eigenvalue weighted by atomic mass is 32.2. The first-order valence-electron chi connectivity index (χ1n) is 9.12. The molecule has 0 radical (unpaired) electrons. The number of carbonyl (C=O) groups excluding carboxylic acids is 1. The van der Waals surface area contributed by atoms with E-state index in [1.54, 1.807) is 11.3 Å². The van der Waals surface area contributed by atoms with Gasteiger partial charge in [-0.2, -0.15) is 0 Å². The summed E-state index contributed by atoms with van der Waals surface area (Å²) in [6.45, 7) is 7.21. The molecule has 27 heavy (non-hydrogen) atoms. The van der Waals surface area contributed by atoms with Crippen molar-refractivity contribution in [2.45, 2.75) is 44.8 Å². The van der Waals surface area contributed by atoms with Crippen LogP contribution in [0.4, 0.5) is 5.69 Å². The van der Waals surface area contributed by atoms with E-state index in [1.165, 1.54) is 17.3 Å². The van der Waals surface area contributed by atoms with E-state index >= 15 is 0 Å². The topological polar surface area (TPSA) is 59.8 Å². The van der Waals surface area contributed by atoms with E-state index in [2.05, 4.69) is 48.4 Å². The monoisotopic (exact) mass is 400 g/mol. The van der Waals surface area contributed by atoms with Crippen LogP contribution in [0.25, 0.3) is 10.7 Å². The Labute approximate surface area is 168 Å². The van der Waals surface area contributed by atoms with E-state index in [4.69, 9.17) is 0 Å². The number of amides is 1. The standard InChI is InChI=1S/C20H24N4OS2/c1-4-14(3)15-8-10-16(11-9-15)21-18(25)13-27-20-23-22-19(24(20)5-2)17-7-6-12-26-17/h6-12,14H,4-5,13H2,1-3H3,(H,21,25)/t14-/m0/s1. The van der Waals surface area contributed by atoms with Gasteiger partial charge in [0.1, 0.15) is 0 Å². The second kappa shape index (κ2) is 9.19. The highest BCUT2D eigenvalue weighted by Gasteiger charge is 2.15. The number of thiophene rings is 1. The molecule has 0 unspecified atom stereocenters. The van der Waals surface area contributed by atoms with Crippen LogP contribution in [0.1, 0.15) is 38.7 Å². The summed E-state index contributed by atoms with van der Waals surface area (Å²) >= 11 is 3.05. The fourth-order valence-electron chi connectivity index (χ4n) is 2.73. The summed E-state index contributed by atoms with van der Waals surface area (Å²) in [7, 11) is 0. The SMILES string of the molecule is CC[C@H](C)c1ccc(NC(=O)CSc2nnc(-c3cccs3)n2CC)cc1. The van der Waals surface area contributed by atoms with Gasteiger partial charge in [-0.15, -0.1) is 21.5 Å². The lowest BCUT2D eigenvalue weighted by atomic mass is 9.99. The second-order valence-corrected chi connectivity index (χ2v) is 8.19. The molecule has 2 aromatic heterocycles. The third kappa shape index (κ3) is 4.78. The molecule has 0 aliphatic heterocycles. The minimum absolute atomic E-state index is 0.0420. The lowest BCUT2D eigenvalue weighted by Gasteiger charge is -2.10. The Hall–Kier alpha value is -2.12. The van der Waals surface area contributed by atoms with E-state index in [9.17, 15) is 4.79 Å². The zero-order valence-corrected chi connectivity index (χ0v) is 17.4. The van der Waals surface area contributed by atoms with Crippen molar-refractivity contribution in [3.8, 4) is 10.7 Å². The van der Waals surface area contributed by atoms with Gasteiger partial charge in [-0.25, -0.2) is 0 Å². The largest absolute Gasteiger partial charge is 0.325 e. The van der Waals surface area contributed by atoms with Gasteiger partial charge in [0.15, 0.2) is 11.0 Å². The van der Waals surface area contributed by atoms with Crippen LogP contribution in [0.3, 0.4) is 0 Å². The molecule has 0 aliphatic rings. The Kier molecular flexibility index (Phi) is 6.68. The van der Waals surface area contributed by atoms with Crippen LogP contribution in [-0.2, 0) is 11.3 Å². The average Bonchev–Trinajstić information content (AvgIpc) is 3.35. The van der Waals surface area contributed by atoms with Gasteiger partial charge in [-0.05, 0) is 48.4 Å². The van der Waals surface area contributed by atoms with Crippen LogP contribution in [0, 0.1) is 0 Å². The molecule has 0 bridgehead atoms. The molecule has 2 heterocycles. The summed E-state index contributed by atoms with van der Waals surface area (Å²) in [6.07, 6.45) is 1.11. The second-order valence-electron chi connectivity index (χ2n) is 6.30. The zero-order chi connectivity index (χ0) is 19.2. The van der Waals surface area contributed by atoms with Crippen LogP contribution in [0.5, 0.6) is 0 Å². The molecule has 1 atom stereocenters. The molecule has 0 spiro atoms. The number of benzene rings is 1. The fraction of sp³-hybridized carbons (Fsp3) is 0.350. The maximum Gasteiger partial charge on any atom is 0.234 e. The number of rotatable bonds is 8. The average molecular weight is 401 g/mol.